The van der Waals surface area contributed by atoms with Gasteiger partial charge in [-0.15, -0.1) is 0 Å². The normalized spacial score (nSPS) is 13.5. The van der Waals surface area contributed by atoms with E-state index in [9.17, 15) is 17.6 Å². The number of aryl methyl sites for hydroxylation is 1. The van der Waals surface area contributed by atoms with E-state index >= 15 is 0 Å². The molecule has 0 saturated heterocycles. The van der Waals surface area contributed by atoms with Crippen LogP contribution in [0.15, 0.2) is 18.2 Å². The quantitative estimate of drug-likeness (QED) is 0.779. The smallest absolute Gasteiger partial charge is 0.370 e. The fourth-order valence-corrected chi connectivity index (χ4v) is 1.92. The molecular formula is C14H19F4NO. The van der Waals surface area contributed by atoms with Crippen LogP contribution < -0.4 is 5.32 Å². The van der Waals surface area contributed by atoms with Gasteiger partial charge in [0.05, 0.1) is 6.61 Å². The van der Waals surface area contributed by atoms with Crippen molar-refractivity contribution in [1.29, 1.82) is 0 Å². The molecule has 0 aromatic heterocycles. The molecule has 0 saturated carbocycles. The summed E-state index contributed by atoms with van der Waals surface area (Å²) >= 11 is 0. The van der Waals surface area contributed by atoms with E-state index in [-0.39, 0.29) is 18.5 Å². The standard InChI is InChI=1S/C14H19F4NO/c1-3-19-13(8-20-9-14(16,17)18)7-11-6-12(15)5-4-10(11)2/h4-6,13,19H,3,7-9H2,1-2H3. The van der Waals surface area contributed by atoms with Crippen molar-refractivity contribution in [2.75, 3.05) is 19.8 Å². The van der Waals surface area contributed by atoms with E-state index in [4.69, 9.17) is 0 Å². The van der Waals surface area contributed by atoms with E-state index in [2.05, 4.69) is 10.1 Å². The van der Waals surface area contributed by atoms with Gasteiger partial charge >= 0.3 is 6.18 Å². The Bertz CT molecular complexity index is 420. The van der Waals surface area contributed by atoms with Crippen molar-refractivity contribution in [2.24, 2.45) is 0 Å². The molecule has 0 heterocycles. The first-order valence-electron chi connectivity index (χ1n) is 6.44. The molecule has 0 aliphatic rings. The lowest BCUT2D eigenvalue weighted by molar-refractivity contribution is -0.175. The maximum Gasteiger partial charge on any atom is 0.411 e. The highest BCUT2D eigenvalue weighted by Gasteiger charge is 2.27. The zero-order valence-corrected chi connectivity index (χ0v) is 11.6. The molecule has 1 aromatic rings. The summed E-state index contributed by atoms with van der Waals surface area (Å²) in [6.07, 6.45) is -3.90. The number of ether oxygens (including phenoxy) is 1. The number of likely N-dealkylation sites (N-methyl/N-ethyl adjacent to an activating group) is 1. The first-order chi connectivity index (χ1) is 9.31. The summed E-state index contributed by atoms with van der Waals surface area (Å²) in [4.78, 5) is 0. The highest BCUT2D eigenvalue weighted by Crippen LogP contribution is 2.16. The van der Waals surface area contributed by atoms with Gasteiger partial charge in [-0.3, -0.25) is 0 Å². The molecule has 0 radical (unpaired) electrons. The number of benzene rings is 1. The third-order valence-electron chi connectivity index (χ3n) is 2.86. The minimum Gasteiger partial charge on any atom is -0.370 e. The van der Waals surface area contributed by atoms with Gasteiger partial charge in [0.15, 0.2) is 0 Å². The summed E-state index contributed by atoms with van der Waals surface area (Å²) < 4.78 is 54.0. The van der Waals surface area contributed by atoms with E-state index in [1.54, 1.807) is 6.07 Å². The summed E-state index contributed by atoms with van der Waals surface area (Å²) in [6.45, 7) is 2.97. The Labute approximate surface area is 116 Å². The average Bonchev–Trinajstić information content (AvgIpc) is 2.32. The molecule has 1 unspecified atom stereocenters. The van der Waals surface area contributed by atoms with Crippen molar-refractivity contribution in [2.45, 2.75) is 32.5 Å². The predicted octanol–water partition coefficient (Wildman–Crippen LogP) is 3.23. The molecule has 0 bridgehead atoms. The highest BCUT2D eigenvalue weighted by molar-refractivity contribution is 5.27. The summed E-state index contributed by atoms with van der Waals surface area (Å²) in [5, 5.41) is 3.05. The lowest BCUT2D eigenvalue weighted by atomic mass is 10.0. The Kier molecular flexibility index (Phi) is 6.42. The van der Waals surface area contributed by atoms with Crippen molar-refractivity contribution in [3.63, 3.8) is 0 Å². The van der Waals surface area contributed by atoms with Gasteiger partial charge in [0.1, 0.15) is 12.4 Å². The topological polar surface area (TPSA) is 21.3 Å². The van der Waals surface area contributed by atoms with Crippen LogP contribution in [0.2, 0.25) is 0 Å². The molecule has 2 nitrogen and oxygen atoms in total. The summed E-state index contributed by atoms with van der Waals surface area (Å²) in [5.74, 6) is -0.350. The van der Waals surface area contributed by atoms with E-state index in [1.165, 1.54) is 12.1 Å². The SMILES string of the molecule is CCNC(COCC(F)(F)F)Cc1cc(F)ccc1C. The fourth-order valence-electron chi connectivity index (χ4n) is 1.92. The van der Waals surface area contributed by atoms with E-state index < -0.39 is 12.8 Å². The van der Waals surface area contributed by atoms with Crippen molar-refractivity contribution in [3.8, 4) is 0 Å². The monoisotopic (exact) mass is 293 g/mol. The van der Waals surface area contributed by atoms with Gasteiger partial charge in [-0.1, -0.05) is 13.0 Å². The van der Waals surface area contributed by atoms with Crippen LogP contribution in [0.3, 0.4) is 0 Å². The Morgan fingerprint density at radius 2 is 2.00 bits per heavy atom. The van der Waals surface area contributed by atoms with Crippen molar-refractivity contribution >= 4 is 0 Å². The zero-order chi connectivity index (χ0) is 15.2. The molecule has 0 aliphatic carbocycles. The molecule has 20 heavy (non-hydrogen) atoms. The van der Waals surface area contributed by atoms with Crippen molar-refractivity contribution < 1.29 is 22.3 Å². The summed E-state index contributed by atoms with van der Waals surface area (Å²) in [5.41, 5.74) is 1.68. The Morgan fingerprint density at radius 1 is 1.30 bits per heavy atom. The number of rotatable bonds is 7. The van der Waals surface area contributed by atoms with Gasteiger partial charge in [0.25, 0.3) is 0 Å². The third kappa shape index (κ3) is 6.34. The van der Waals surface area contributed by atoms with Crippen LogP contribution in [-0.2, 0) is 11.2 Å². The molecule has 0 amide bonds. The van der Waals surface area contributed by atoms with E-state index in [1.807, 2.05) is 13.8 Å². The van der Waals surface area contributed by atoms with Crippen LogP contribution in [0.1, 0.15) is 18.1 Å². The molecule has 114 valence electrons. The Hall–Kier alpha value is -1.14. The number of nitrogens with one attached hydrogen (secondary N) is 1. The second kappa shape index (κ2) is 7.59. The predicted molar refractivity (Wildman–Crippen MR) is 69.2 cm³/mol. The largest absolute Gasteiger partial charge is 0.411 e. The molecule has 6 heteroatoms. The van der Waals surface area contributed by atoms with Gasteiger partial charge in [-0.25, -0.2) is 4.39 Å². The Balaban J connectivity index is 2.60. The van der Waals surface area contributed by atoms with E-state index in [0.717, 1.165) is 11.1 Å². The first kappa shape index (κ1) is 16.9. The molecule has 0 spiro atoms. The van der Waals surface area contributed by atoms with Gasteiger partial charge in [0.2, 0.25) is 0 Å². The lowest BCUT2D eigenvalue weighted by Crippen LogP contribution is -2.36. The van der Waals surface area contributed by atoms with Crippen LogP contribution in [0, 0.1) is 12.7 Å². The molecule has 0 aliphatic heterocycles. The van der Waals surface area contributed by atoms with Crippen LogP contribution >= 0.6 is 0 Å². The summed E-state index contributed by atoms with van der Waals surface area (Å²) in [7, 11) is 0. The maximum absolute atomic E-state index is 13.2. The lowest BCUT2D eigenvalue weighted by Gasteiger charge is -2.19. The summed E-state index contributed by atoms with van der Waals surface area (Å²) in [6, 6.07) is 4.15. The molecule has 1 rings (SSSR count). The third-order valence-corrected chi connectivity index (χ3v) is 2.86. The van der Waals surface area contributed by atoms with E-state index in [0.29, 0.717) is 13.0 Å². The molecular weight excluding hydrogens is 274 g/mol. The minimum atomic E-state index is -4.33. The second-order valence-electron chi connectivity index (χ2n) is 4.66. The highest BCUT2D eigenvalue weighted by atomic mass is 19.4. The van der Waals surface area contributed by atoms with Gasteiger partial charge in [-0.2, -0.15) is 13.2 Å². The van der Waals surface area contributed by atoms with Crippen LogP contribution in [-0.4, -0.2) is 32.0 Å². The molecule has 1 N–H and O–H groups in total. The molecule has 1 atom stereocenters. The Morgan fingerprint density at radius 3 is 2.60 bits per heavy atom. The van der Waals surface area contributed by atoms with Crippen molar-refractivity contribution in [1.82, 2.24) is 5.32 Å². The zero-order valence-electron chi connectivity index (χ0n) is 11.6. The maximum atomic E-state index is 13.2. The van der Waals surface area contributed by atoms with Gasteiger partial charge < -0.3 is 10.1 Å². The molecule has 0 fully saturated rings. The number of hydrogen-bond donors (Lipinski definition) is 1. The van der Waals surface area contributed by atoms with Crippen LogP contribution in [0.5, 0.6) is 0 Å². The first-order valence-corrected chi connectivity index (χ1v) is 6.44. The number of hydrogen-bond acceptors (Lipinski definition) is 2. The minimum absolute atomic E-state index is 0.0662. The number of halogens is 4. The second-order valence-corrected chi connectivity index (χ2v) is 4.66. The fraction of sp³-hybridized carbons (Fsp3) is 0.571. The van der Waals surface area contributed by atoms with Crippen molar-refractivity contribution in [3.05, 3.63) is 35.1 Å². The average molecular weight is 293 g/mol. The molecule has 1 aromatic carbocycles. The van der Waals surface area contributed by atoms with Gasteiger partial charge in [-0.05, 0) is 43.1 Å². The number of alkyl halides is 3. The van der Waals surface area contributed by atoms with Crippen LogP contribution in [0.4, 0.5) is 17.6 Å². The van der Waals surface area contributed by atoms with Crippen LogP contribution in [0.25, 0.3) is 0 Å². The van der Waals surface area contributed by atoms with Gasteiger partial charge in [0, 0.05) is 6.04 Å².